The molecule has 0 saturated heterocycles. The van der Waals surface area contributed by atoms with Gasteiger partial charge in [0.15, 0.2) is 5.75 Å². The van der Waals surface area contributed by atoms with Gasteiger partial charge in [-0.25, -0.2) is 4.90 Å². The molecule has 1 aliphatic heterocycles. The molecule has 0 fully saturated rings. The smallest absolute Gasteiger partial charge is 0.308 e. The van der Waals surface area contributed by atoms with Crippen molar-refractivity contribution < 1.29 is 23.9 Å². The molecule has 1 aromatic heterocycles. The van der Waals surface area contributed by atoms with Gasteiger partial charge in [-0.1, -0.05) is 30.3 Å². The topological polar surface area (TPSA) is 123 Å². The second-order valence-electron chi connectivity index (χ2n) is 8.71. The number of carbonyl (C=O) groups excluding carboxylic acids is 4. The van der Waals surface area contributed by atoms with Gasteiger partial charge in [-0.05, 0) is 42.5 Å². The number of carbonyl (C=O) groups is 4. The molecule has 4 aromatic carbocycles. The van der Waals surface area contributed by atoms with Crippen LogP contribution in [0.15, 0.2) is 72.8 Å². The van der Waals surface area contributed by atoms with E-state index in [2.05, 4.69) is 15.5 Å². The van der Waals surface area contributed by atoms with E-state index in [1.807, 2.05) is 12.1 Å². The number of anilines is 2. The second kappa shape index (κ2) is 8.63. The van der Waals surface area contributed by atoms with Crippen LogP contribution in [-0.2, 0) is 9.59 Å². The lowest BCUT2D eigenvalue weighted by Gasteiger charge is -2.29. The molecule has 0 aliphatic carbocycles. The fourth-order valence-corrected chi connectivity index (χ4v) is 4.68. The Bertz CT molecular complexity index is 1790. The summed E-state index contributed by atoms with van der Waals surface area (Å²) in [7, 11) is 0. The highest BCUT2D eigenvalue weighted by atomic mass is 16.5. The molecule has 0 saturated carbocycles. The number of para-hydroxylation sites is 1. The van der Waals surface area contributed by atoms with Crippen molar-refractivity contribution >= 4 is 56.9 Å². The van der Waals surface area contributed by atoms with Gasteiger partial charge in [0.05, 0.1) is 5.69 Å². The predicted octanol–water partition coefficient (Wildman–Crippen LogP) is 4.26. The summed E-state index contributed by atoms with van der Waals surface area (Å²) in [5.74, 6) is -2.15. The molecule has 1 aliphatic rings. The maximum Gasteiger partial charge on any atom is 0.308 e. The Hall–Kier alpha value is -5.38. The monoisotopic (exact) mass is 505 g/mol. The van der Waals surface area contributed by atoms with Gasteiger partial charge in [-0.2, -0.15) is 0 Å². The third-order valence-electron chi connectivity index (χ3n) is 6.18. The Labute approximate surface area is 215 Å². The van der Waals surface area contributed by atoms with Gasteiger partial charge in [0.25, 0.3) is 11.8 Å². The highest BCUT2D eigenvalue weighted by molar-refractivity contribution is 6.37. The maximum atomic E-state index is 13.8. The minimum Gasteiger partial charge on any atom is -0.422 e. The molecule has 3 amide bonds. The molecular formula is C28H19N5O5. The fraction of sp³-hybridized carbons (Fsp3) is 0.0714. The van der Waals surface area contributed by atoms with Gasteiger partial charge in [0.1, 0.15) is 16.7 Å². The molecule has 0 spiro atoms. The SMILES string of the molecule is CC(=O)Nc1ccc2c3c(cccc13)C(=O)N(c1cccc(-n3nc4ccccc4n3)c1OC(C)=O)C2=O. The van der Waals surface area contributed by atoms with E-state index in [4.69, 9.17) is 4.74 Å². The van der Waals surface area contributed by atoms with Crippen LogP contribution in [0.5, 0.6) is 5.75 Å². The number of hydrogen-bond donors (Lipinski definition) is 1. The van der Waals surface area contributed by atoms with Crippen LogP contribution in [-0.4, -0.2) is 38.7 Å². The van der Waals surface area contributed by atoms with Gasteiger partial charge >= 0.3 is 5.97 Å². The van der Waals surface area contributed by atoms with Crippen LogP contribution in [0, 0.1) is 0 Å². The number of hydrogen-bond acceptors (Lipinski definition) is 7. The molecule has 10 nitrogen and oxygen atoms in total. The maximum absolute atomic E-state index is 13.8. The first-order valence-electron chi connectivity index (χ1n) is 11.7. The second-order valence-corrected chi connectivity index (χ2v) is 8.71. The van der Waals surface area contributed by atoms with E-state index in [0.29, 0.717) is 27.5 Å². The van der Waals surface area contributed by atoms with Crippen molar-refractivity contribution in [1.29, 1.82) is 0 Å². The number of esters is 1. The molecule has 6 rings (SSSR count). The normalized spacial score (nSPS) is 12.7. The first kappa shape index (κ1) is 23.0. The number of aromatic nitrogens is 3. The Balaban J connectivity index is 1.54. The van der Waals surface area contributed by atoms with Crippen LogP contribution in [0.2, 0.25) is 0 Å². The Morgan fingerprint density at radius 1 is 0.763 bits per heavy atom. The summed E-state index contributed by atoms with van der Waals surface area (Å²) in [6, 6.07) is 20.2. The zero-order valence-corrected chi connectivity index (χ0v) is 20.3. The summed E-state index contributed by atoms with van der Waals surface area (Å²) < 4.78 is 5.57. The lowest BCUT2D eigenvalue weighted by Crippen LogP contribution is -2.41. The lowest BCUT2D eigenvalue weighted by atomic mass is 9.92. The summed E-state index contributed by atoms with van der Waals surface area (Å²) in [6.07, 6.45) is 0. The van der Waals surface area contributed by atoms with E-state index in [0.717, 1.165) is 4.90 Å². The van der Waals surface area contributed by atoms with Crippen molar-refractivity contribution in [2.24, 2.45) is 0 Å². The standard InChI is InChI=1S/C28H19N5O5/c1-15(34)29-20-14-13-19-25-17(20)7-5-8-18(25)27(36)32(28(19)37)23-11-6-12-24(26(23)38-16(2)35)33-30-21-9-3-4-10-22(21)31-33/h3-14H,1-2H3,(H,29,34). The van der Waals surface area contributed by atoms with Crippen LogP contribution in [0.1, 0.15) is 34.6 Å². The van der Waals surface area contributed by atoms with Gasteiger partial charge in [0, 0.05) is 41.4 Å². The van der Waals surface area contributed by atoms with Crippen molar-refractivity contribution in [1.82, 2.24) is 15.0 Å². The number of rotatable bonds is 4. The molecule has 0 radical (unpaired) electrons. The van der Waals surface area contributed by atoms with Crippen molar-refractivity contribution in [3.63, 3.8) is 0 Å². The number of benzene rings is 4. The molecule has 1 N–H and O–H groups in total. The Morgan fingerprint density at radius 2 is 1.39 bits per heavy atom. The van der Waals surface area contributed by atoms with E-state index in [-0.39, 0.29) is 34.2 Å². The van der Waals surface area contributed by atoms with Crippen LogP contribution < -0.4 is 15.0 Å². The van der Waals surface area contributed by atoms with Gasteiger partial charge in [0.2, 0.25) is 5.91 Å². The Kier molecular flexibility index (Phi) is 5.23. The average molecular weight is 505 g/mol. The summed E-state index contributed by atoms with van der Waals surface area (Å²) in [4.78, 5) is 53.8. The molecule has 186 valence electrons. The van der Waals surface area contributed by atoms with Gasteiger partial charge < -0.3 is 10.1 Å². The van der Waals surface area contributed by atoms with Crippen LogP contribution >= 0.6 is 0 Å². The molecule has 0 unspecified atom stereocenters. The van der Waals surface area contributed by atoms with E-state index in [1.54, 1.807) is 54.6 Å². The number of fused-ring (bicyclic) bond motifs is 1. The van der Waals surface area contributed by atoms with Crippen LogP contribution in [0.4, 0.5) is 11.4 Å². The molecule has 10 heteroatoms. The van der Waals surface area contributed by atoms with Crippen molar-refractivity contribution in [3.8, 4) is 11.4 Å². The average Bonchev–Trinajstić information content (AvgIpc) is 3.32. The first-order valence-corrected chi connectivity index (χ1v) is 11.7. The molecule has 2 heterocycles. The number of nitrogens with zero attached hydrogens (tertiary/aromatic N) is 4. The van der Waals surface area contributed by atoms with Crippen molar-refractivity contribution in [2.45, 2.75) is 13.8 Å². The minimum atomic E-state index is -0.644. The third-order valence-corrected chi connectivity index (χ3v) is 6.18. The molecule has 5 aromatic rings. The van der Waals surface area contributed by atoms with Crippen LogP contribution in [0.25, 0.3) is 27.5 Å². The van der Waals surface area contributed by atoms with Gasteiger partial charge in [-0.15, -0.1) is 15.0 Å². The number of nitrogens with one attached hydrogen (secondary N) is 1. The minimum absolute atomic E-state index is 0.0347. The third kappa shape index (κ3) is 3.58. The summed E-state index contributed by atoms with van der Waals surface area (Å²) in [5.41, 5.74) is 2.62. The quantitative estimate of drug-likeness (QED) is 0.220. The van der Waals surface area contributed by atoms with Crippen molar-refractivity contribution in [3.05, 3.63) is 83.9 Å². The Morgan fingerprint density at radius 3 is 2.05 bits per heavy atom. The number of imide groups is 1. The van der Waals surface area contributed by atoms with Gasteiger partial charge in [-0.3, -0.25) is 19.2 Å². The van der Waals surface area contributed by atoms with Crippen molar-refractivity contribution in [2.75, 3.05) is 10.2 Å². The fourth-order valence-electron chi connectivity index (χ4n) is 4.68. The summed E-state index contributed by atoms with van der Waals surface area (Å²) in [5, 5.41) is 12.7. The van der Waals surface area contributed by atoms with E-state index in [9.17, 15) is 19.2 Å². The summed E-state index contributed by atoms with van der Waals surface area (Å²) in [6.45, 7) is 2.61. The van der Waals surface area contributed by atoms with Crippen LogP contribution in [0.3, 0.4) is 0 Å². The lowest BCUT2D eigenvalue weighted by molar-refractivity contribution is -0.131. The molecular weight excluding hydrogens is 486 g/mol. The predicted molar refractivity (Wildman–Crippen MR) is 140 cm³/mol. The van der Waals surface area contributed by atoms with E-state index < -0.39 is 17.8 Å². The zero-order chi connectivity index (χ0) is 26.6. The highest BCUT2D eigenvalue weighted by Crippen LogP contribution is 2.41. The van der Waals surface area contributed by atoms with E-state index >= 15 is 0 Å². The number of amides is 3. The summed E-state index contributed by atoms with van der Waals surface area (Å²) >= 11 is 0. The molecule has 0 atom stereocenters. The zero-order valence-electron chi connectivity index (χ0n) is 20.3. The molecule has 38 heavy (non-hydrogen) atoms. The largest absolute Gasteiger partial charge is 0.422 e. The number of ether oxygens (including phenoxy) is 1. The van der Waals surface area contributed by atoms with E-state index in [1.165, 1.54) is 24.7 Å². The highest BCUT2D eigenvalue weighted by Gasteiger charge is 2.37. The molecule has 0 bridgehead atoms. The first-order chi connectivity index (χ1) is 18.3.